The van der Waals surface area contributed by atoms with E-state index in [2.05, 4.69) is 29.2 Å². The molecule has 1 unspecified atom stereocenters. The Hall–Kier alpha value is -2.21. The number of nitrogens with one attached hydrogen (secondary N) is 1. The van der Waals surface area contributed by atoms with E-state index in [1.165, 1.54) is 25.0 Å². The van der Waals surface area contributed by atoms with E-state index < -0.39 is 0 Å². The number of likely N-dealkylation sites (tertiary alicyclic amines) is 1. The molecule has 2 aromatic rings. The molecule has 2 heterocycles. The first-order valence-corrected chi connectivity index (χ1v) is 9.26. The molecule has 0 bridgehead atoms. The molecule has 140 valence electrons. The lowest BCUT2D eigenvalue weighted by Gasteiger charge is -2.34. The van der Waals surface area contributed by atoms with Gasteiger partial charge in [0.15, 0.2) is 5.69 Å². The Bertz CT molecular complexity index is 748. The van der Waals surface area contributed by atoms with Crippen LogP contribution in [0.1, 0.15) is 37.2 Å². The third kappa shape index (κ3) is 4.30. The lowest BCUT2D eigenvalue weighted by atomic mass is 9.98. The van der Waals surface area contributed by atoms with Crippen LogP contribution in [0, 0.1) is 11.7 Å². The van der Waals surface area contributed by atoms with E-state index in [9.17, 15) is 9.18 Å². The highest BCUT2D eigenvalue weighted by molar-refractivity contribution is 5.93. The first-order chi connectivity index (χ1) is 12.4. The van der Waals surface area contributed by atoms with E-state index in [-0.39, 0.29) is 11.7 Å². The summed E-state index contributed by atoms with van der Waals surface area (Å²) in [5.74, 6) is 0.340. The zero-order chi connectivity index (χ0) is 18.7. The number of amides is 1. The van der Waals surface area contributed by atoms with E-state index in [4.69, 9.17) is 0 Å². The molecule has 0 radical (unpaired) electrons. The van der Waals surface area contributed by atoms with Gasteiger partial charge in [-0.05, 0) is 74.7 Å². The van der Waals surface area contributed by atoms with Crippen LogP contribution in [-0.2, 0) is 7.05 Å². The summed E-state index contributed by atoms with van der Waals surface area (Å²) in [5.41, 5.74) is 2.00. The molecule has 1 aromatic carbocycles. The first-order valence-electron chi connectivity index (χ1n) is 9.26. The molecule has 1 amide bonds. The molecule has 1 saturated heterocycles. The van der Waals surface area contributed by atoms with Crippen LogP contribution < -0.4 is 5.32 Å². The lowest BCUT2D eigenvalue weighted by molar-refractivity contribution is 0.0916. The minimum absolute atomic E-state index is 0.175. The van der Waals surface area contributed by atoms with Gasteiger partial charge in [-0.2, -0.15) is 5.10 Å². The zero-order valence-corrected chi connectivity index (χ0v) is 15.7. The van der Waals surface area contributed by atoms with Crippen LogP contribution in [0.4, 0.5) is 4.39 Å². The van der Waals surface area contributed by atoms with Crippen molar-refractivity contribution >= 4 is 5.91 Å². The summed E-state index contributed by atoms with van der Waals surface area (Å²) in [6.45, 7) is 7.24. The number of carbonyl (C=O) groups is 1. The van der Waals surface area contributed by atoms with Crippen molar-refractivity contribution in [2.75, 3.05) is 19.6 Å². The van der Waals surface area contributed by atoms with Crippen molar-refractivity contribution in [3.05, 3.63) is 41.8 Å². The van der Waals surface area contributed by atoms with Crippen molar-refractivity contribution in [3.63, 3.8) is 0 Å². The van der Waals surface area contributed by atoms with Crippen molar-refractivity contribution < 1.29 is 9.18 Å². The average molecular weight is 358 g/mol. The van der Waals surface area contributed by atoms with Crippen LogP contribution in [0.2, 0.25) is 0 Å². The minimum atomic E-state index is -0.282. The van der Waals surface area contributed by atoms with Gasteiger partial charge in [-0.3, -0.25) is 14.4 Å². The van der Waals surface area contributed by atoms with Crippen LogP contribution >= 0.6 is 0 Å². The Morgan fingerprint density at radius 3 is 2.62 bits per heavy atom. The van der Waals surface area contributed by atoms with Gasteiger partial charge >= 0.3 is 0 Å². The van der Waals surface area contributed by atoms with Gasteiger partial charge in [0, 0.05) is 19.6 Å². The Balaban J connectivity index is 1.60. The molecule has 5 nitrogen and oxygen atoms in total. The summed E-state index contributed by atoms with van der Waals surface area (Å²) in [6, 6.07) is 8.25. The van der Waals surface area contributed by atoms with E-state index in [0.29, 0.717) is 18.3 Å². The number of hydrogen-bond donors (Lipinski definition) is 1. The monoisotopic (exact) mass is 358 g/mol. The molecular weight excluding hydrogens is 331 g/mol. The van der Waals surface area contributed by atoms with Crippen molar-refractivity contribution in [2.45, 2.75) is 32.7 Å². The molecule has 0 saturated carbocycles. The highest BCUT2D eigenvalue weighted by Gasteiger charge is 2.21. The highest BCUT2D eigenvalue weighted by Crippen LogP contribution is 2.20. The normalized spacial score (nSPS) is 17.2. The molecule has 1 N–H and O–H groups in total. The number of rotatable bonds is 5. The largest absolute Gasteiger partial charge is 0.349 e. The van der Waals surface area contributed by atoms with Gasteiger partial charge in [-0.1, -0.05) is 6.92 Å². The minimum Gasteiger partial charge on any atom is -0.349 e. The van der Waals surface area contributed by atoms with Crippen LogP contribution in [0.5, 0.6) is 0 Å². The van der Waals surface area contributed by atoms with E-state index in [1.54, 1.807) is 29.9 Å². The molecule has 1 aliphatic heterocycles. The maximum absolute atomic E-state index is 13.1. The fourth-order valence-electron chi connectivity index (χ4n) is 3.40. The Kier molecular flexibility index (Phi) is 5.71. The van der Waals surface area contributed by atoms with Gasteiger partial charge in [0.25, 0.3) is 5.91 Å². The second-order valence-corrected chi connectivity index (χ2v) is 7.32. The number of halogens is 1. The maximum atomic E-state index is 13.1. The van der Waals surface area contributed by atoms with Gasteiger partial charge in [0.1, 0.15) is 5.82 Å². The van der Waals surface area contributed by atoms with Gasteiger partial charge in [-0.25, -0.2) is 4.39 Å². The van der Waals surface area contributed by atoms with Gasteiger partial charge in [-0.15, -0.1) is 0 Å². The molecule has 26 heavy (non-hydrogen) atoms. The second-order valence-electron chi connectivity index (χ2n) is 7.32. The lowest BCUT2D eigenvalue weighted by Crippen LogP contribution is -2.45. The molecule has 1 aromatic heterocycles. The Labute approximate surface area is 154 Å². The molecule has 1 fully saturated rings. The quantitative estimate of drug-likeness (QED) is 0.894. The smallest absolute Gasteiger partial charge is 0.271 e. The molecular formula is C20H27FN4O. The molecule has 0 aliphatic carbocycles. The summed E-state index contributed by atoms with van der Waals surface area (Å²) >= 11 is 0. The summed E-state index contributed by atoms with van der Waals surface area (Å²) in [5, 5.41) is 7.30. The van der Waals surface area contributed by atoms with Crippen molar-refractivity contribution in [3.8, 4) is 11.3 Å². The number of carbonyl (C=O) groups excluding carboxylic acids is 1. The fourth-order valence-corrected chi connectivity index (χ4v) is 3.40. The Morgan fingerprint density at radius 2 is 1.96 bits per heavy atom. The number of benzene rings is 1. The molecule has 6 heteroatoms. The Morgan fingerprint density at radius 1 is 1.31 bits per heavy atom. The van der Waals surface area contributed by atoms with E-state index in [0.717, 1.165) is 30.3 Å². The summed E-state index contributed by atoms with van der Waals surface area (Å²) in [6.07, 6.45) is 2.44. The average Bonchev–Trinajstić information content (AvgIpc) is 3.02. The van der Waals surface area contributed by atoms with E-state index >= 15 is 0 Å². The SMILES string of the molecule is CC1CCN(C(C)CNC(=O)c2cc(-c3ccc(F)cc3)n(C)n2)CC1. The first kappa shape index (κ1) is 18.6. The topological polar surface area (TPSA) is 50.2 Å². The van der Waals surface area contributed by atoms with Crippen LogP contribution in [0.15, 0.2) is 30.3 Å². The van der Waals surface area contributed by atoms with Gasteiger partial charge < -0.3 is 5.32 Å². The summed E-state index contributed by atoms with van der Waals surface area (Å²) < 4.78 is 14.7. The standard InChI is InChI=1S/C20H27FN4O/c1-14-8-10-25(11-9-14)15(2)13-22-20(26)18-12-19(24(3)23-18)16-4-6-17(21)7-5-16/h4-7,12,14-15H,8-11,13H2,1-3H3,(H,22,26). The van der Waals surface area contributed by atoms with Gasteiger partial charge in [0.05, 0.1) is 5.69 Å². The predicted molar refractivity (Wildman–Crippen MR) is 100 cm³/mol. The zero-order valence-electron chi connectivity index (χ0n) is 15.7. The van der Waals surface area contributed by atoms with E-state index in [1.807, 2.05) is 0 Å². The number of aromatic nitrogens is 2. The van der Waals surface area contributed by atoms with Crippen molar-refractivity contribution in [1.82, 2.24) is 20.0 Å². The molecule has 3 rings (SSSR count). The predicted octanol–water partition coefficient (Wildman–Crippen LogP) is 3.08. The molecule has 1 atom stereocenters. The van der Waals surface area contributed by atoms with Crippen LogP contribution in [0.25, 0.3) is 11.3 Å². The molecule has 0 spiro atoms. The van der Waals surface area contributed by atoms with Crippen molar-refractivity contribution in [2.24, 2.45) is 13.0 Å². The van der Waals surface area contributed by atoms with Crippen LogP contribution in [-0.4, -0.2) is 46.3 Å². The third-order valence-electron chi connectivity index (χ3n) is 5.25. The molecule has 1 aliphatic rings. The number of piperidine rings is 1. The van der Waals surface area contributed by atoms with Crippen molar-refractivity contribution in [1.29, 1.82) is 0 Å². The second kappa shape index (κ2) is 7.99. The fraction of sp³-hybridized carbons (Fsp3) is 0.500. The number of hydrogen-bond acceptors (Lipinski definition) is 3. The van der Waals surface area contributed by atoms with Gasteiger partial charge in [0.2, 0.25) is 0 Å². The third-order valence-corrected chi connectivity index (χ3v) is 5.25. The maximum Gasteiger partial charge on any atom is 0.271 e. The number of aryl methyl sites for hydroxylation is 1. The number of nitrogens with zero attached hydrogens (tertiary/aromatic N) is 3. The highest BCUT2D eigenvalue weighted by atomic mass is 19.1. The summed E-state index contributed by atoms with van der Waals surface area (Å²) in [4.78, 5) is 14.9. The summed E-state index contributed by atoms with van der Waals surface area (Å²) in [7, 11) is 1.78. The van der Waals surface area contributed by atoms with Crippen LogP contribution in [0.3, 0.4) is 0 Å².